The maximum atomic E-state index is 11.3. The number of hydrogen-bond acceptors (Lipinski definition) is 6. The molecule has 0 bridgehead atoms. The van der Waals surface area contributed by atoms with E-state index in [4.69, 9.17) is 20.9 Å². The number of carbonyl (C=O) groups excluding carboxylic acids is 1. The number of pyridine rings is 1. The first-order valence-electron chi connectivity index (χ1n) is 9.49. The monoisotopic (exact) mass is 397 g/mol. The minimum atomic E-state index is -0.802. The van der Waals surface area contributed by atoms with Crippen LogP contribution in [0.2, 0.25) is 0 Å². The van der Waals surface area contributed by atoms with Gasteiger partial charge in [-0.3, -0.25) is 0 Å². The van der Waals surface area contributed by atoms with E-state index in [1.165, 1.54) is 0 Å². The number of primary amides is 1. The highest BCUT2D eigenvalue weighted by atomic mass is 16.6. The zero-order chi connectivity index (χ0) is 21.2. The van der Waals surface area contributed by atoms with Crippen molar-refractivity contribution in [1.82, 2.24) is 15.0 Å². The summed E-state index contributed by atoms with van der Waals surface area (Å²) in [5.74, 6) is 1.36. The van der Waals surface area contributed by atoms with Crippen LogP contribution in [-0.4, -0.2) is 33.3 Å². The molecule has 1 aromatic carbocycles. The maximum Gasteiger partial charge on any atom is 0.405 e. The number of nitrogens with two attached hydrogens (primary N) is 2. The highest BCUT2D eigenvalue weighted by molar-refractivity contribution is 5.90. The van der Waals surface area contributed by atoms with Crippen LogP contribution < -0.4 is 16.2 Å². The summed E-state index contributed by atoms with van der Waals surface area (Å²) in [6, 6.07) is 7.80. The predicted molar refractivity (Wildman–Crippen MR) is 112 cm³/mol. The third-order valence-electron chi connectivity index (χ3n) is 4.62. The number of H-pyrrole nitrogens is 1. The number of aromatic amines is 1. The fraction of sp³-hybridized carbons (Fsp3) is 0.381. The molecule has 1 atom stereocenters. The smallest absolute Gasteiger partial charge is 0.405 e. The number of nitrogens with zero attached hydrogens (tertiary/aromatic N) is 2. The topological polar surface area (TPSA) is 129 Å². The van der Waals surface area contributed by atoms with Crippen LogP contribution in [0.1, 0.15) is 32.8 Å². The molecule has 0 radical (unpaired) electrons. The molecule has 0 aliphatic rings. The molecule has 0 fully saturated rings. The number of benzene rings is 1. The van der Waals surface area contributed by atoms with Crippen molar-refractivity contribution < 1.29 is 14.3 Å². The van der Waals surface area contributed by atoms with Crippen LogP contribution in [0.4, 0.5) is 10.7 Å². The number of anilines is 1. The van der Waals surface area contributed by atoms with E-state index in [2.05, 4.69) is 28.8 Å². The maximum absolute atomic E-state index is 11.3. The van der Waals surface area contributed by atoms with Crippen molar-refractivity contribution in [2.45, 2.75) is 39.7 Å². The Kier molecular flexibility index (Phi) is 5.63. The molecule has 0 spiro atoms. The van der Waals surface area contributed by atoms with Crippen molar-refractivity contribution in [3.05, 3.63) is 36.0 Å². The normalized spacial score (nSPS) is 13.4. The molecule has 3 aromatic rings. The van der Waals surface area contributed by atoms with Gasteiger partial charge in [0.05, 0.1) is 5.52 Å². The number of rotatable bonds is 7. The number of nitrogen functional groups attached to an aromatic ring is 1. The number of hydrogen-bond donors (Lipinski definition) is 3. The van der Waals surface area contributed by atoms with E-state index in [0.717, 1.165) is 22.2 Å². The van der Waals surface area contributed by atoms with Crippen molar-refractivity contribution in [1.29, 1.82) is 0 Å². The number of carbonyl (C=O) groups is 1. The van der Waals surface area contributed by atoms with Crippen LogP contribution >= 0.6 is 0 Å². The number of imidazole rings is 1. The lowest BCUT2D eigenvalue weighted by Crippen LogP contribution is -2.41. The number of nitrogens with one attached hydrogen (secondary N) is 1. The van der Waals surface area contributed by atoms with E-state index in [9.17, 15) is 4.79 Å². The Hall–Kier alpha value is -3.29. The lowest BCUT2D eigenvalue weighted by Gasteiger charge is -2.30. The molecule has 2 aromatic heterocycles. The average Bonchev–Trinajstić information content (AvgIpc) is 2.99. The summed E-state index contributed by atoms with van der Waals surface area (Å²) in [5, 5.41) is 0. The highest BCUT2D eigenvalue weighted by Crippen LogP contribution is 2.31. The minimum Gasteiger partial charge on any atom is -0.489 e. The Morgan fingerprint density at radius 3 is 2.72 bits per heavy atom. The van der Waals surface area contributed by atoms with Gasteiger partial charge in [0, 0.05) is 11.8 Å². The summed E-state index contributed by atoms with van der Waals surface area (Å²) in [7, 11) is 0. The molecule has 0 saturated carbocycles. The number of aromatic nitrogens is 3. The molecule has 8 nitrogen and oxygen atoms in total. The van der Waals surface area contributed by atoms with Gasteiger partial charge in [-0.05, 0) is 55.5 Å². The molecule has 0 saturated heterocycles. The van der Waals surface area contributed by atoms with Gasteiger partial charge in [0.1, 0.15) is 18.0 Å². The standard InChI is InChI=1S/C21H27N5O3/c1-12(2)10-21(4,29-20(23)27)11-28-16-6-5-14(9-13(16)3)15-7-8-24-18-17(15)25-19(22)26-18/h5-9,12H,10-11H2,1-4H3,(H2,23,27)(H3,22,24,25,26)/t21-/m0/s1. The summed E-state index contributed by atoms with van der Waals surface area (Å²) < 4.78 is 11.3. The molecule has 3 rings (SSSR count). The van der Waals surface area contributed by atoms with Gasteiger partial charge >= 0.3 is 6.09 Å². The van der Waals surface area contributed by atoms with E-state index in [-0.39, 0.29) is 6.61 Å². The lowest BCUT2D eigenvalue weighted by atomic mass is 9.95. The van der Waals surface area contributed by atoms with Crippen molar-refractivity contribution >= 4 is 23.2 Å². The largest absolute Gasteiger partial charge is 0.489 e. The second-order valence-corrected chi connectivity index (χ2v) is 7.92. The fourth-order valence-corrected chi connectivity index (χ4v) is 3.62. The Balaban J connectivity index is 1.83. The Morgan fingerprint density at radius 1 is 1.31 bits per heavy atom. The van der Waals surface area contributed by atoms with Crippen LogP contribution in [0.15, 0.2) is 30.5 Å². The molecule has 0 unspecified atom stereocenters. The summed E-state index contributed by atoms with van der Waals surface area (Å²) in [5.41, 5.74) is 14.5. The summed E-state index contributed by atoms with van der Waals surface area (Å²) in [6.45, 7) is 8.12. The number of aryl methyl sites for hydroxylation is 1. The quantitative estimate of drug-likeness (QED) is 0.556. The zero-order valence-corrected chi connectivity index (χ0v) is 17.2. The summed E-state index contributed by atoms with van der Waals surface area (Å²) in [4.78, 5) is 22.8. The SMILES string of the molecule is Cc1cc(-c2ccnc3nc(N)[nH]c23)ccc1OC[C@](C)(CC(C)C)OC(N)=O. The van der Waals surface area contributed by atoms with Crippen molar-refractivity contribution in [2.24, 2.45) is 11.7 Å². The van der Waals surface area contributed by atoms with Crippen molar-refractivity contribution in [3.63, 3.8) is 0 Å². The molecule has 0 aliphatic heterocycles. The van der Waals surface area contributed by atoms with E-state index in [0.29, 0.717) is 29.7 Å². The van der Waals surface area contributed by atoms with Gasteiger partial charge in [0.2, 0.25) is 0 Å². The Bertz CT molecular complexity index is 1030. The highest BCUT2D eigenvalue weighted by Gasteiger charge is 2.30. The lowest BCUT2D eigenvalue weighted by molar-refractivity contribution is -0.0187. The van der Waals surface area contributed by atoms with Gasteiger partial charge in [-0.1, -0.05) is 19.9 Å². The van der Waals surface area contributed by atoms with Crippen LogP contribution in [0.5, 0.6) is 5.75 Å². The first kappa shape index (κ1) is 20.4. The zero-order valence-electron chi connectivity index (χ0n) is 17.2. The molecule has 0 aliphatic carbocycles. The molecular formula is C21H27N5O3. The molecule has 2 heterocycles. The molecule has 154 valence electrons. The minimum absolute atomic E-state index is 0.213. The van der Waals surface area contributed by atoms with Gasteiger partial charge in [-0.2, -0.15) is 4.98 Å². The fourth-order valence-electron chi connectivity index (χ4n) is 3.62. The number of fused-ring (bicyclic) bond motifs is 1. The molecule has 8 heteroatoms. The molecular weight excluding hydrogens is 370 g/mol. The van der Waals surface area contributed by atoms with Crippen molar-refractivity contribution in [3.8, 4) is 16.9 Å². The molecule has 1 amide bonds. The Morgan fingerprint density at radius 2 is 2.07 bits per heavy atom. The van der Waals surface area contributed by atoms with Gasteiger partial charge in [0.15, 0.2) is 11.6 Å². The summed E-state index contributed by atoms with van der Waals surface area (Å²) >= 11 is 0. The third kappa shape index (κ3) is 4.77. The van der Waals surface area contributed by atoms with Gasteiger partial charge < -0.3 is 25.9 Å². The number of ether oxygens (including phenoxy) is 2. The second kappa shape index (κ2) is 7.98. The third-order valence-corrected chi connectivity index (χ3v) is 4.62. The van der Waals surface area contributed by atoms with Gasteiger partial charge in [-0.15, -0.1) is 0 Å². The van der Waals surface area contributed by atoms with Crippen LogP contribution in [0, 0.1) is 12.8 Å². The van der Waals surface area contributed by atoms with Crippen LogP contribution in [0.3, 0.4) is 0 Å². The first-order valence-corrected chi connectivity index (χ1v) is 9.49. The summed E-state index contributed by atoms with van der Waals surface area (Å²) in [6.07, 6.45) is 1.55. The molecule has 29 heavy (non-hydrogen) atoms. The van der Waals surface area contributed by atoms with Gasteiger partial charge in [-0.25, -0.2) is 9.78 Å². The number of amides is 1. The Labute approximate surface area is 169 Å². The van der Waals surface area contributed by atoms with E-state index < -0.39 is 11.7 Å². The van der Waals surface area contributed by atoms with E-state index in [1.54, 1.807) is 6.20 Å². The average molecular weight is 397 g/mol. The predicted octanol–water partition coefficient (Wildman–Crippen LogP) is 3.79. The second-order valence-electron chi connectivity index (χ2n) is 7.92. The van der Waals surface area contributed by atoms with Gasteiger partial charge in [0.25, 0.3) is 0 Å². The van der Waals surface area contributed by atoms with E-state index in [1.807, 2.05) is 38.1 Å². The van der Waals surface area contributed by atoms with Crippen LogP contribution in [0.25, 0.3) is 22.3 Å². The molecule has 5 N–H and O–H groups in total. The van der Waals surface area contributed by atoms with Crippen molar-refractivity contribution in [2.75, 3.05) is 12.3 Å². The van der Waals surface area contributed by atoms with E-state index >= 15 is 0 Å². The van der Waals surface area contributed by atoms with Crippen LogP contribution in [-0.2, 0) is 4.74 Å². The first-order chi connectivity index (χ1) is 13.7.